The molecule has 1 amide bonds. The second kappa shape index (κ2) is 7.20. The summed E-state index contributed by atoms with van der Waals surface area (Å²) in [6, 6.07) is 12.5. The van der Waals surface area contributed by atoms with Crippen molar-refractivity contribution in [2.45, 2.75) is 12.5 Å². The van der Waals surface area contributed by atoms with Gasteiger partial charge in [0.1, 0.15) is 0 Å². The molecule has 24 heavy (non-hydrogen) atoms. The van der Waals surface area contributed by atoms with E-state index in [1.807, 2.05) is 41.8 Å². The third-order valence-electron chi connectivity index (χ3n) is 3.46. The molecule has 1 aromatic carbocycles. The predicted octanol–water partition coefficient (Wildman–Crippen LogP) is 2.30. The zero-order valence-corrected chi connectivity index (χ0v) is 13.7. The number of rotatable bonds is 5. The van der Waals surface area contributed by atoms with E-state index in [4.69, 9.17) is 11.5 Å². The van der Waals surface area contributed by atoms with Crippen molar-refractivity contribution < 1.29 is 4.79 Å². The van der Waals surface area contributed by atoms with E-state index < -0.39 is 6.04 Å². The van der Waals surface area contributed by atoms with Gasteiger partial charge in [0.15, 0.2) is 0 Å². The maximum Gasteiger partial charge on any atom is 0.241 e. The fourth-order valence-corrected chi connectivity index (χ4v) is 3.00. The number of nitrogens with two attached hydrogens (primary N) is 2. The number of nitrogens with one attached hydrogen (secondary N) is 1. The van der Waals surface area contributed by atoms with Crippen LogP contribution in [0.25, 0.3) is 11.3 Å². The molecular weight excluding hydrogens is 322 g/mol. The lowest BCUT2D eigenvalue weighted by molar-refractivity contribution is -0.117. The molecule has 0 fully saturated rings. The molecular formula is C17H17N5OS. The van der Waals surface area contributed by atoms with Crippen molar-refractivity contribution in [2.75, 3.05) is 11.1 Å². The summed E-state index contributed by atoms with van der Waals surface area (Å²) < 4.78 is 0. The van der Waals surface area contributed by atoms with E-state index in [0.717, 1.165) is 16.1 Å². The Labute approximate surface area is 143 Å². The highest BCUT2D eigenvalue weighted by molar-refractivity contribution is 7.09. The number of aromatic nitrogens is 2. The lowest BCUT2D eigenvalue weighted by atomic mass is 10.1. The van der Waals surface area contributed by atoms with Crippen molar-refractivity contribution in [3.05, 3.63) is 58.9 Å². The Morgan fingerprint density at radius 1 is 1.21 bits per heavy atom. The Morgan fingerprint density at radius 3 is 2.67 bits per heavy atom. The molecule has 0 saturated heterocycles. The number of amides is 1. The summed E-state index contributed by atoms with van der Waals surface area (Å²) in [5.74, 6) is 0.0202. The number of benzene rings is 1. The standard InChI is InChI=1S/C17H17N5OS/c18-14(10-13-2-1-9-24-13)16(23)21-12-5-3-11(4-6-12)15-7-8-20-17(19)22-15/h1-9,14H,10,18H2,(H,21,23)(H2,19,20,22)/t14-/m1/s1. The van der Waals surface area contributed by atoms with Crippen molar-refractivity contribution in [1.29, 1.82) is 0 Å². The topological polar surface area (TPSA) is 107 Å². The highest BCUT2D eigenvalue weighted by atomic mass is 32.1. The number of hydrogen-bond donors (Lipinski definition) is 3. The average molecular weight is 339 g/mol. The van der Waals surface area contributed by atoms with Crippen LogP contribution in [0.2, 0.25) is 0 Å². The van der Waals surface area contributed by atoms with Gasteiger partial charge in [-0.1, -0.05) is 18.2 Å². The Hall–Kier alpha value is -2.77. The summed E-state index contributed by atoms with van der Waals surface area (Å²) in [6.45, 7) is 0. The van der Waals surface area contributed by atoms with Crippen LogP contribution in [-0.2, 0) is 11.2 Å². The van der Waals surface area contributed by atoms with Crippen LogP contribution < -0.4 is 16.8 Å². The van der Waals surface area contributed by atoms with Crippen LogP contribution in [0.15, 0.2) is 54.0 Å². The molecule has 3 aromatic rings. The van der Waals surface area contributed by atoms with E-state index in [1.54, 1.807) is 23.6 Å². The Kier molecular flexibility index (Phi) is 4.83. The molecule has 0 unspecified atom stereocenters. The van der Waals surface area contributed by atoms with Gasteiger partial charge in [-0.15, -0.1) is 11.3 Å². The third-order valence-corrected chi connectivity index (χ3v) is 4.36. The fraction of sp³-hybridized carbons (Fsp3) is 0.118. The van der Waals surface area contributed by atoms with Crippen molar-refractivity contribution in [3.63, 3.8) is 0 Å². The molecule has 2 aromatic heterocycles. The zero-order chi connectivity index (χ0) is 16.9. The van der Waals surface area contributed by atoms with Gasteiger partial charge in [0.2, 0.25) is 11.9 Å². The van der Waals surface area contributed by atoms with E-state index in [1.165, 1.54) is 0 Å². The van der Waals surface area contributed by atoms with Crippen LogP contribution in [0.3, 0.4) is 0 Å². The number of thiophene rings is 1. The fourth-order valence-electron chi connectivity index (χ4n) is 2.23. The second-order valence-corrected chi connectivity index (χ2v) is 6.29. The summed E-state index contributed by atoms with van der Waals surface area (Å²) in [4.78, 5) is 21.3. The lowest BCUT2D eigenvalue weighted by Crippen LogP contribution is -2.37. The molecule has 122 valence electrons. The van der Waals surface area contributed by atoms with Crippen molar-refractivity contribution >= 4 is 28.9 Å². The van der Waals surface area contributed by atoms with Gasteiger partial charge < -0.3 is 16.8 Å². The van der Waals surface area contributed by atoms with Gasteiger partial charge in [-0.3, -0.25) is 4.79 Å². The van der Waals surface area contributed by atoms with Gasteiger partial charge in [-0.25, -0.2) is 9.97 Å². The number of hydrogen-bond acceptors (Lipinski definition) is 6. The van der Waals surface area contributed by atoms with E-state index >= 15 is 0 Å². The number of carbonyl (C=O) groups is 1. The molecule has 6 nitrogen and oxygen atoms in total. The number of nitrogens with zero attached hydrogens (tertiary/aromatic N) is 2. The van der Waals surface area contributed by atoms with Gasteiger partial charge in [0.05, 0.1) is 11.7 Å². The highest BCUT2D eigenvalue weighted by Crippen LogP contribution is 2.20. The van der Waals surface area contributed by atoms with Crippen LogP contribution in [0, 0.1) is 0 Å². The SMILES string of the molecule is Nc1nccc(-c2ccc(NC(=O)[C@H](N)Cc3cccs3)cc2)n1. The van der Waals surface area contributed by atoms with Crippen molar-refractivity contribution in [2.24, 2.45) is 5.73 Å². The smallest absolute Gasteiger partial charge is 0.241 e. The lowest BCUT2D eigenvalue weighted by Gasteiger charge is -2.12. The third kappa shape index (κ3) is 3.95. The van der Waals surface area contributed by atoms with Crippen LogP contribution >= 0.6 is 11.3 Å². The highest BCUT2D eigenvalue weighted by Gasteiger charge is 2.14. The molecule has 7 heteroatoms. The maximum absolute atomic E-state index is 12.2. The van der Waals surface area contributed by atoms with Gasteiger partial charge in [0, 0.05) is 28.7 Å². The zero-order valence-electron chi connectivity index (χ0n) is 12.8. The molecule has 0 spiro atoms. The van der Waals surface area contributed by atoms with Crippen LogP contribution in [-0.4, -0.2) is 21.9 Å². The Bertz CT molecular complexity index is 817. The van der Waals surface area contributed by atoms with Gasteiger partial charge in [0.25, 0.3) is 0 Å². The first-order chi connectivity index (χ1) is 11.6. The van der Waals surface area contributed by atoms with Gasteiger partial charge >= 0.3 is 0 Å². The summed E-state index contributed by atoms with van der Waals surface area (Å²) in [7, 11) is 0. The summed E-state index contributed by atoms with van der Waals surface area (Å²) in [6.07, 6.45) is 2.14. The van der Waals surface area contributed by atoms with Crippen LogP contribution in [0.1, 0.15) is 4.88 Å². The summed E-state index contributed by atoms with van der Waals surface area (Å²) in [5.41, 5.74) is 13.9. The molecule has 0 aliphatic heterocycles. The Morgan fingerprint density at radius 2 is 2.00 bits per heavy atom. The summed E-state index contributed by atoms with van der Waals surface area (Å²) >= 11 is 1.59. The minimum Gasteiger partial charge on any atom is -0.368 e. The first-order valence-corrected chi connectivity index (χ1v) is 8.27. The molecule has 0 aliphatic carbocycles. The largest absolute Gasteiger partial charge is 0.368 e. The quantitative estimate of drug-likeness (QED) is 0.661. The number of carbonyl (C=O) groups excluding carboxylic acids is 1. The predicted molar refractivity (Wildman–Crippen MR) is 96.5 cm³/mol. The van der Waals surface area contributed by atoms with Crippen LogP contribution in [0.4, 0.5) is 11.6 Å². The average Bonchev–Trinajstić information content (AvgIpc) is 3.08. The molecule has 5 N–H and O–H groups in total. The molecule has 1 atom stereocenters. The molecule has 0 saturated carbocycles. The van der Waals surface area contributed by atoms with E-state index in [9.17, 15) is 4.79 Å². The van der Waals surface area contributed by atoms with Crippen molar-refractivity contribution in [3.8, 4) is 11.3 Å². The minimum atomic E-state index is -0.579. The first-order valence-electron chi connectivity index (χ1n) is 7.39. The number of anilines is 2. The maximum atomic E-state index is 12.2. The van der Waals surface area contributed by atoms with Crippen LogP contribution in [0.5, 0.6) is 0 Å². The molecule has 0 radical (unpaired) electrons. The molecule has 0 aliphatic rings. The van der Waals surface area contributed by atoms with Gasteiger partial charge in [-0.2, -0.15) is 0 Å². The molecule has 0 bridgehead atoms. The first kappa shape index (κ1) is 16.1. The van der Waals surface area contributed by atoms with E-state index in [-0.39, 0.29) is 11.9 Å². The van der Waals surface area contributed by atoms with E-state index in [0.29, 0.717) is 12.1 Å². The molecule has 2 heterocycles. The molecule has 3 rings (SSSR count). The Balaban J connectivity index is 1.64. The second-order valence-electron chi connectivity index (χ2n) is 5.26. The minimum absolute atomic E-state index is 0.206. The summed E-state index contributed by atoms with van der Waals surface area (Å²) in [5, 5.41) is 4.80. The monoisotopic (exact) mass is 339 g/mol. The van der Waals surface area contributed by atoms with Gasteiger partial charge in [-0.05, 0) is 29.6 Å². The van der Waals surface area contributed by atoms with E-state index in [2.05, 4.69) is 15.3 Å². The normalized spacial score (nSPS) is 11.9. The number of nitrogen functional groups attached to an aromatic ring is 1. The van der Waals surface area contributed by atoms with Crippen molar-refractivity contribution in [1.82, 2.24) is 9.97 Å².